The fourth-order valence-electron chi connectivity index (χ4n) is 6.44. The maximum atomic E-state index is 12.8. The third kappa shape index (κ3) is 4.33. The number of hydrogen-bond acceptors (Lipinski definition) is 5. The van der Waals surface area contributed by atoms with Crippen LogP contribution < -0.4 is 5.32 Å². The molecule has 0 spiro atoms. The summed E-state index contributed by atoms with van der Waals surface area (Å²) in [6.45, 7) is 2.28. The number of pyridine rings is 1. The number of benzene rings is 1. The Morgan fingerprint density at radius 1 is 0.944 bits per heavy atom. The van der Waals surface area contributed by atoms with E-state index in [-0.39, 0.29) is 35.9 Å². The van der Waals surface area contributed by atoms with Crippen LogP contribution in [0.15, 0.2) is 66.9 Å². The zero-order valence-corrected chi connectivity index (χ0v) is 20.7. The van der Waals surface area contributed by atoms with Gasteiger partial charge in [0.2, 0.25) is 11.8 Å². The quantitative estimate of drug-likeness (QED) is 0.478. The van der Waals surface area contributed by atoms with E-state index in [1.165, 1.54) is 33.7 Å². The minimum absolute atomic E-state index is 0.0431. The highest BCUT2D eigenvalue weighted by Crippen LogP contribution is 2.36. The number of rotatable bonds is 7. The van der Waals surface area contributed by atoms with Crippen molar-refractivity contribution in [2.75, 3.05) is 13.1 Å². The van der Waals surface area contributed by atoms with Gasteiger partial charge in [0.05, 0.1) is 29.7 Å². The van der Waals surface area contributed by atoms with Gasteiger partial charge in [-0.05, 0) is 54.9 Å². The molecule has 2 amide bonds. The Bertz CT molecular complexity index is 1170. The fourth-order valence-corrected chi connectivity index (χ4v) is 6.44. The third-order valence-electron chi connectivity index (χ3n) is 8.31. The molecule has 3 heterocycles. The van der Waals surface area contributed by atoms with Crippen molar-refractivity contribution < 1.29 is 9.59 Å². The summed E-state index contributed by atoms with van der Waals surface area (Å²) in [4.78, 5) is 34.6. The lowest BCUT2D eigenvalue weighted by Crippen LogP contribution is -2.51. The first-order valence-electron chi connectivity index (χ1n) is 13.4. The zero-order chi connectivity index (χ0) is 24.5. The van der Waals surface area contributed by atoms with Crippen LogP contribution in [0.3, 0.4) is 0 Å². The average molecular weight is 483 g/mol. The average Bonchev–Trinajstić information content (AvgIpc) is 3.17. The van der Waals surface area contributed by atoms with Crippen LogP contribution in [-0.4, -0.2) is 45.9 Å². The highest BCUT2D eigenvalue weighted by Gasteiger charge is 2.45. The Hall–Kier alpha value is -3.09. The van der Waals surface area contributed by atoms with Crippen molar-refractivity contribution in [1.82, 2.24) is 20.1 Å². The minimum Gasteiger partial charge on any atom is -0.297 e. The monoisotopic (exact) mass is 482 g/mol. The SMILES string of the molecule is O=C1C2C=CC=CC2C(=O)N1CCCCN(C1Cc2ccccc2CN1)[C@H]1CCCc2cccnc21. The lowest BCUT2D eigenvalue weighted by molar-refractivity contribution is -0.139. The van der Waals surface area contributed by atoms with Crippen molar-refractivity contribution in [3.8, 4) is 0 Å². The molecular formula is C30H34N4O2. The number of unbranched alkanes of at least 4 members (excludes halogenated alkanes) is 1. The van der Waals surface area contributed by atoms with Gasteiger partial charge in [-0.2, -0.15) is 0 Å². The summed E-state index contributed by atoms with van der Waals surface area (Å²) < 4.78 is 0. The number of hydrogen-bond donors (Lipinski definition) is 1. The number of amides is 2. The Morgan fingerprint density at radius 2 is 1.69 bits per heavy atom. The number of likely N-dealkylation sites (tertiary alicyclic amines) is 1. The highest BCUT2D eigenvalue weighted by atomic mass is 16.2. The molecule has 1 aromatic carbocycles. The van der Waals surface area contributed by atoms with E-state index in [0.717, 1.165) is 45.2 Å². The van der Waals surface area contributed by atoms with Gasteiger partial charge in [-0.3, -0.25) is 29.7 Å². The maximum absolute atomic E-state index is 12.8. The van der Waals surface area contributed by atoms with Crippen molar-refractivity contribution in [3.63, 3.8) is 0 Å². The second kappa shape index (κ2) is 10.1. The molecule has 4 aliphatic rings. The molecule has 0 saturated carbocycles. The van der Waals surface area contributed by atoms with Gasteiger partial charge in [-0.25, -0.2) is 0 Å². The lowest BCUT2D eigenvalue weighted by Gasteiger charge is -2.42. The van der Waals surface area contributed by atoms with Crippen molar-refractivity contribution in [1.29, 1.82) is 0 Å². The number of imide groups is 1. The topological polar surface area (TPSA) is 65.5 Å². The summed E-state index contributed by atoms with van der Waals surface area (Å²) in [7, 11) is 0. The summed E-state index contributed by atoms with van der Waals surface area (Å²) in [5, 5.41) is 3.80. The molecule has 1 saturated heterocycles. The summed E-state index contributed by atoms with van der Waals surface area (Å²) in [5.41, 5.74) is 5.38. The number of allylic oxidation sites excluding steroid dienone is 2. The van der Waals surface area contributed by atoms with Gasteiger partial charge in [0.1, 0.15) is 0 Å². The summed E-state index contributed by atoms with van der Waals surface area (Å²) in [6, 6.07) is 13.3. The van der Waals surface area contributed by atoms with Gasteiger partial charge >= 0.3 is 0 Å². The van der Waals surface area contributed by atoms with Gasteiger partial charge in [-0.1, -0.05) is 54.6 Å². The van der Waals surface area contributed by atoms with Gasteiger partial charge in [0, 0.05) is 32.3 Å². The number of carbonyl (C=O) groups excluding carboxylic acids is 2. The number of fused-ring (bicyclic) bond motifs is 3. The summed E-state index contributed by atoms with van der Waals surface area (Å²) in [6.07, 6.45) is 15.7. The molecule has 2 aliphatic carbocycles. The van der Waals surface area contributed by atoms with Crippen LogP contribution in [0.1, 0.15) is 54.1 Å². The Balaban J connectivity index is 1.16. The molecule has 4 atom stereocenters. The van der Waals surface area contributed by atoms with E-state index in [9.17, 15) is 9.59 Å². The van der Waals surface area contributed by atoms with E-state index >= 15 is 0 Å². The molecule has 2 aliphatic heterocycles. The molecule has 2 aromatic rings. The lowest BCUT2D eigenvalue weighted by atomic mass is 9.89. The predicted octanol–water partition coefficient (Wildman–Crippen LogP) is 3.94. The summed E-state index contributed by atoms with van der Waals surface area (Å²) in [5.74, 6) is -0.706. The highest BCUT2D eigenvalue weighted by molar-refractivity contribution is 6.07. The maximum Gasteiger partial charge on any atom is 0.237 e. The van der Waals surface area contributed by atoms with E-state index in [1.54, 1.807) is 0 Å². The second-order valence-corrected chi connectivity index (χ2v) is 10.4. The van der Waals surface area contributed by atoms with Crippen LogP contribution in [0.4, 0.5) is 0 Å². The predicted molar refractivity (Wildman–Crippen MR) is 139 cm³/mol. The third-order valence-corrected chi connectivity index (χ3v) is 8.31. The van der Waals surface area contributed by atoms with Crippen LogP contribution >= 0.6 is 0 Å². The van der Waals surface area contributed by atoms with E-state index in [1.807, 2.05) is 36.6 Å². The van der Waals surface area contributed by atoms with Gasteiger partial charge in [0.15, 0.2) is 0 Å². The molecule has 1 N–H and O–H groups in total. The smallest absolute Gasteiger partial charge is 0.237 e. The van der Waals surface area contributed by atoms with Crippen LogP contribution in [0.2, 0.25) is 0 Å². The largest absolute Gasteiger partial charge is 0.297 e. The van der Waals surface area contributed by atoms with E-state index < -0.39 is 0 Å². The zero-order valence-electron chi connectivity index (χ0n) is 20.7. The number of aromatic nitrogens is 1. The van der Waals surface area contributed by atoms with Gasteiger partial charge in [0.25, 0.3) is 0 Å². The van der Waals surface area contributed by atoms with Crippen molar-refractivity contribution in [2.24, 2.45) is 11.8 Å². The van der Waals surface area contributed by atoms with E-state index in [2.05, 4.69) is 40.5 Å². The normalized spacial score (nSPS) is 26.8. The molecule has 6 heteroatoms. The number of carbonyl (C=O) groups is 2. The molecule has 6 nitrogen and oxygen atoms in total. The first-order valence-corrected chi connectivity index (χ1v) is 13.4. The molecule has 186 valence electrons. The molecule has 0 bridgehead atoms. The fraction of sp³-hybridized carbons (Fsp3) is 0.433. The Morgan fingerprint density at radius 3 is 2.50 bits per heavy atom. The molecule has 1 fully saturated rings. The van der Waals surface area contributed by atoms with Crippen molar-refractivity contribution in [2.45, 2.75) is 57.3 Å². The molecular weight excluding hydrogens is 448 g/mol. The van der Waals surface area contributed by atoms with Crippen LogP contribution in [0.25, 0.3) is 0 Å². The molecule has 0 radical (unpaired) electrons. The first-order chi connectivity index (χ1) is 17.7. The molecule has 36 heavy (non-hydrogen) atoms. The Kier molecular flexibility index (Phi) is 6.55. The molecule has 6 rings (SSSR count). The standard InChI is InChI=1S/C30H34N4O2/c35-29-24-13-3-4-14-25(24)30(36)34(29)18-6-5-17-33(26-15-7-11-21-12-8-16-31-28(21)26)27-19-22-9-1-2-10-23(22)20-32-27/h1-4,8-10,12-14,16,24-27,32H,5-7,11,15,17-20H2/t24?,25?,26-,27?/m0/s1. The molecule has 3 unspecified atom stereocenters. The summed E-state index contributed by atoms with van der Waals surface area (Å²) >= 11 is 0. The van der Waals surface area contributed by atoms with Gasteiger partial charge < -0.3 is 0 Å². The van der Waals surface area contributed by atoms with E-state index in [0.29, 0.717) is 6.54 Å². The van der Waals surface area contributed by atoms with Crippen LogP contribution in [-0.2, 0) is 29.0 Å². The van der Waals surface area contributed by atoms with Crippen molar-refractivity contribution in [3.05, 3.63) is 89.3 Å². The van der Waals surface area contributed by atoms with Gasteiger partial charge in [-0.15, -0.1) is 0 Å². The Labute approximate surface area is 213 Å². The number of nitrogens with one attached hydrogen (secondary N) is 1. The minimum atomic E-state index is -0.310. The van der Waals surface area contributed by atoms with E-state index in [4.69, 9.17) is 4.98 Å². The van der Waals surface area contributed by atoms with Crippen LogP contribution in [0, 0.1) is 11.8 Å². The molecule has 1 aromatic heterocycles. The first kappa shape index (κ1) is 23.3. The second-order valence-electron chi connectivity index (χ2n) is 10.4. The van der Waals surface area contributed by atoms with Crippen molar-refractivity contribution >= 4 is 11.8 Å². The number of aryl methyl sites for hydroxylation is 1. The van der Waals surface area contributed by atoms with Crippen LogP contribution in [0.5, 0.6) is 0 Å². The number of nitrogens with zero attached hydrogens (tertiary/aromatic N) is 3.